The number of carboxylic acid groups (broad SMARTS) is 1. The number of ether oxygens (including phenoxy) is 1. The smallest absolute Gasteiger partial charge is 0.309 e. The van der Waals surface area contributed by atoms with Crippen molar-refractivity contribution in [3.63, 3.8) is 0 Å². The SMILES string of the molecule is N=N/C(=C\Nc1ccc(C(O)N2CCOCC2)cc1)CC(=O)O. The molecule has 1 aliphatic heterocycles. The summed E-state index contributed by atoms with van der Waals surface area (Å²) >= 11 is 0. The van der Waals surface area contributed by atoms with Crippen molar-refractivity contribution in [3.8, 4) is 0 Å². The molecule has 0 bridgehead atoms. The van der Waals surface area contributed by atoms with Gasteiger partial charge in [-0.25, -0.2) is 5.53 Å². The number of rotatable bonds is 7. The summed E-state index contributed by atoms with van der Waals surface area (Å²) in [6.07, 6.45) is 0.396. The maximum absolute atomic E-state index is 10.6. The van der Waals surface area contributed by atoms with E-state index >= 15 is 0 Å². The molecular formula is C15H20N4O4. The van der Waals surface area contributed by atoms with E-state index in [1.807, 2.05) is 4.90 Å². The highest BCUT2D eigenvalue weighted by atomic mass is 16.5. The summed E-state index contributed by atoms with van der Waals surface area (Å²) in [6, 6.07) is 7.14. The van der Waals surface area contributed by atoms with Crippen LogP contribution in [0.4, 0.5) is 5.69 Å². The third-order valence-corrected chi connectivity index (χ3v) is 3.48. The van der Waals surface area contributed by atoms with Crippen LogP contribution in [0.25, 0.3) is 0 Å². The Morgan fingerprint density at radius 2 is 2.04 bits per heavy atom. The number of carboxylic acids is 1. The van der Waals surface area contributed by atoms with Crippen molar-refractivity contribution < 1.29 is 19.7 Å². The third-order valence-electron chi connectivity index (χ3n) is 3.48. The molecule has 1 aromatic rings. The predicted octanol–water partition coefficient (Wildman–Crippen LogP) is 1.77. The van der Waals surface area contributed by atoms with Gasteiger partial charge >= 0.3 is 5.97 Å². The van der Waals surface area contributed by atoms with E-state index in [9.17, 15) is 9.90 Å². The number of aliphatic hydroxyl groups excluding tert-OH is 1. The number of nitrogens with one attached hydrogen (secondary N) is 2. The molecule has 8 heteroatoms. The highest BCUT2D eigenvalue weighted by molar-refractivity contribution is 5.70. The third kappa shape index (κ3) is 5.13. The van der Waals surface area contributed by atoms with Crippen LogP contribution in [0.15, 0.2) is 41.3 Å². The lowest BCUT2D eigenvalue weighted by molar-refractivity contribution is -0.136. The zero-order valence-corrected chi connectivity index (χ0v) is 12.6. The van der Waals surface area contributed by atoms with Crippen LogP contribution in [-0.2, 0) is 9.53 Å². The maximum Gasteiger partial charge on any atom is 0.309 e. The molecular weight excluding hydrogens is 300 g/mol. The van der Waals surface area contributed by atoms with Crippen molar-refractivity contribution >= 4 is 11.7 Å². The van der Waals surface area contributed by atoms with Crippen molar-refractivity contribution in [2.45, 2.75) is 12.6 Å². The van der Waals surface area contributed by atoms with Crippen LogP contribution in [0.1, 0.15) is 18.2 Å². The van der Waals surface area contributed by atoms with Crippen molar-refractivity contribution in [1.82, 2.24) is 4.90 Å². The first-order valence-electron chi connectivity index (χ1n) is 7.25. The zero-order chi connectivity index (χ0) is 16.7. The van der Waals surface area contributed by atoms with Gasteiger partial charge in [0.05, 0.1) is 25.3 Å². The fourth-order valence-electron chi connectivity index (χ4n) is 2.23. The number of hydrogen-bond donors (Lipinski definition) is 4. The lowest BCUT2D eigenvalue weighted by atomic mass is 10.1. The molecule has 4 N–H and O–H groups in total. The Morgan fingerprint density at radius 1 is 1.39 bits per heavy atom. The van der Waals surface area contributed by atoms with Crippen LogP contribution >= 0.6 is 0 Å². The number of anilines is 1. The summed E-state index contributed by atoms with van der Waals surface area (Å²) in [5.41, 5.74) is 8.54. The zero-order valence-electron chi connectivity index (χ0n) is 12.6. The van der Waals surface area contributed by atoms with E-state index in [1.165, 1.54) is 6.20 Å². The molecule has 1 atom stereocenters. The summed E-state index contributed by atoms with van der Waals surface area (Å²) in [5, 5.41) is 25.1. The molecule has 1 aromatic carbocycles. The number of benzene rings is 1. The van der Waals surface area contributed by atoms with Gasteiger partial charge in [-0.3, -0.25) is 9.69 Å². The Balaban J connectivity index is 1.97. The first kappa shape index (κ1) is 17.1. The Labute approximate surface area is 133 Å². The van der Waals surface area contributed by atoms with Gasteiger partial charge in [0.15, 0.2) is 0 Å². The molecule has 0 radical (unpaired) electrons. The lowest BCUT2D eigenvalue weighted by Crippen LogP contribution is -2.38. The van der Waals surface area contributed by atoms with Gasteiger partial charge in [-0.2, -0.15) is 5.11 Å². The van der Waals surface area contributed by atoms with Crippen molar-refractivity contribution in [3.05, 3.63) is 41.7 Å². The Morgan fingerprint density at radius 3 is 2.61 bits per heavy atom. The minimum atomic E-state index is -1.04. The second-order valence-corrected chi connectivity index (χ2v) is 5.11. The summed E-state index contributed by atoms with van der Waals surface area (Å²) in [4.78, 5) is 12.5. The summed E-state index contributed by atoms with van der Waals surface area (Å²) in [7, 11) is 0. The van der Waals surface area contributed by atoms with E-state index < -0.39 is 12.2 Å². The monoisotopic (exact) mass is 320 g/mol. The van der Waals surface area contributed by atoms with Gasteiger partial charge in [-0.05, 0) is 17.7 Å². The molecule has 1 fully saturated rings. The minimum Gasteiger partial charge on any atom is -0.481 e. The van der Waals surface area contributed by atoms with Gasteiger partial charge in [0, 0.05) is 25.0 Å². The second kappa shape index (κ2) is 8.37. The van der Waals surface area contributed by atoms with Gasteiger partial charge in [-0.1, -0.05) is 12.1 Å². The molecule has 23 heavy (non-hydrogen) atoms. The summed E-state index contributed by atoms with van der Waals surface area (Å²) in [5.74, 6) is -1.04. The Hall–Kier alpha value is -2.29. The molecule has 8 nitrogen and oxygen atoms in total. The predicted molar refractivity (Wildman–Crippen MR) is 82.9 cm³/mol. The van der Waals surface area contributed by atoms with E-state index in [2.05, 4.69) is 10.4 Å². The molecule has 1 unspecified atom stereocenters. The van der Waals surface area contributed by atoms with Gasteiger partial charge in [0.25, 0.3) is 0 Å². The highest BCUT2D eigenvalue weighted by Crippen LogP contribution is 2.21. The molecule has 0 aromatic heterocycles. The maximum atomic E-state index is 10.6. The average Bonchev–Trinajstić information content (AvgIpc) is 2.59. The topological polar surface area (TPSA) is 118 Å². The fourth-order valence-corrected chi connectivity index (χ4v) is 2.23. The Bertz CT molecular complexity index is 567. The van der Waals surface area contributed by atoms with Gasteiger partial charge in [0.1, 0.15) is 6.23 Å². The quantitative estimate of drug-likeness (QED) is 0.569. The van der Waals surface area contributed by atoms with Gasteiger partial charge < -0.3 is 20.3 Å². The standard InChI is InChI=1S/C15H20N4O4/c16-18-13(9-14(20)21)10-17-12-3-1-11(2-4-12)15(22)19-5-7-23-8-6-19/h1-4,10,15-17,22H,5-9H2,(H,20,21)/b13-10-,18-16?. The number of morpholine rings is 1. The van der Waals surface area contributed by atoms with Gasteiger partial charge in [-0.15, -0.1) is 0 Å². The average molecular weight is 320 g/mol. The number of nitrogens with zero attached hydrogens (tertiary/aromatic N) is 2. The molecule has 0 aliphatic carbocycles. The molecule has 0 amide bonds. The number of aliphatic hydroxyl groups is 1. The molecule has 0 saturated carbocycles. The molecule has 1 aliphatic rings. The lowest BCUT2D eigenvalue weighted by Gasteiger charge is -2.31. The van der Waals surface area contributed by atoms with Crippen molar-refractivity contribution in [1.29, 1.82) is 5.53 Å². The second-order valence-electron chi connectivity index (χ2n) is 5.11. The highest BCUT2D eigenvalue weighted by Gasteiger charge is 2.19. The van der Waals surface area contributed by atoms with E-state index in [0.29, 0.717) is 26.3 Å². The molecule has 124 valence electrons. The minimum absolute atomic E-state index is 0.120. The molecule has 0 spiro atoms. The number of carbonyl (C=O) groups is 1. The Kier molecular flexibility index (Phi) is 6.21. The molecule has 1 saturated heterocycles. The van der Waals surface area contributed by atoms with Crippen LogP contribution < -0.4 is 5.32 Å². The fraction of sp³-hybridized carbons (Fsp3) is 0.400. The van der Waals surface area contributed by atoms with Crippen LogP contribution in [-0.4, -0.2) is 47.4 Å². The first-order chi connectivity index (χ1) is 11.1. The van der Waals surface area contributed by atoms with Crippen LogP contribution in [0.5, 0.6) is 0 Å². The van der Waals surface area contributed by atoms with Crippen molar-refractivity contribution in [2.24, 2.45) is 5.11 Å². The van der Waals surface area contributed by atoms with E-state index in [1.54, 1.807) is 24.3 Å². The van der Waals surface area contributed by atoms with Crippen LogP contribution in [0.3, 0.4) is 0 Å². The van der Waals surface area contributed by atoms with Crippen LogP contribution in [0.2, 0.25) is 0 Å². The summed E-state index contributed by atoms with van der Waals surface area (Å²) < 4.78 is 5.26. The van der Waals surface area contributed by atoms with Crippen LogP contribution in [0, 0.1) is 5.53 Å². The number of hydrogen-bond acceptors (Lipinski definition) is 7. The molecule has 2 rings (SSSR count). The summed E-state index contributed by atoms with van der Waals surface area (Å²) in [6.45, 7) is 2.61. The first-order valence-corrected chi connectivity index (χ1v) is 7.25. The largest absolute Gasteiger partial charge is 0.481 e. The number of aliphatic carboxylic acids is 1. The van der Waals surface area contributed by atoms with Crippen molar-refractivity contribution in [2.75, 3.05) is 31.6 Å². The van der Waals surface area contributed by atoms with E-state index in [-0.39, 0.29) is 12.1 Å². The molecule has 1 heterocycles. The normalized spacial score (nSPS) is 17.5. The van der Waals surface area contributed by atoms with E-state index in [4.69, 9.17) is 15.4 Å². The van der Waals surface area contributed by atoms with Gasteiger partial charge in [0.2, 0.25) is 0 Å². The van der Waals surface area contributed by atoms with E-state index in [0.717, 1.165) is 11.3 Å².